The number of methoxy groups -OCH3 is 1. The summed E-state index contributed by atoms with van der Waals surface area (Å²) in [7, 11) is -2.46. The highest BCUT2D eigenvalue weighted by atomic mass is 32.2. The van der Waals surface area contributed by atoms with Crippen LogP contribution in [-0.2, 0) is 24.2 Å². The number of carbonyl (C=O) groups is 2. The molecule has 1 fully saturated rings. The standard InChI is InChI=1S/C13H23NO5S/c1-9(13(16)19-3)8-20(17,18)10(2)12(15)14-11-6-4-5-7-11/h9-11H,4-8H2,1-3H3,(H,14,15). The van der Waals surface area contributed by atoms with Crippen LogP contribution in [0.5, 0.6) is 0 Å². The molecule has 0 heterocycles. The highest BCUT2D eigenvalue weighted by molar-refractivity contribution is 7.92. The first-order valence-corrected chi connectivity index (χ1v) is 8.59. The van der Waals surface area contributed by atoms with E-state index in [1.165, 1.54) is 21.0 Å². The lowest BCUT2D eigenvalue weighted by Gasteiger charge is -2.18. The summed E-state index contributed by atoms with van der Waals surface area (Å²) >= 11 is 0. The fraction of sp³-hybridized carbons (Fsp3) is 0.846. The quantitative estimate of drug-likeness (QED) is 0.728. The summed E-state index contributed by atoms with van der Waals surface area (Å²) in [6, 6.07) is 0.0816. The van der Waals surface area contributed by atoms with Crippen molar-refractivity contribution in [2.75, 3.05) is 12.9 Å². The fourth-order valence-corrected chi connectivity index (χ4v) is 3.83. The monoisotopic (exact) mass is 305 g/mol. The summed E-state index contributed by atoms with van der Waals surface area (Å²) in [5, 5.41) is 1.62. The number of rotatable bonds is 6. The van der Waals surface area contributed by atoms with Crippen molar-refractivity contribution < 1.29 is 22.7 Å². The Morgan fingerprint density at radius 2 is 1.80 bits per heavy atom. The van der Waals surface area contributed by atoms with E-state index >= 15 is 0 Å². The molecule has 7 heteroatoms. The van der Waals surface area contributed by atoms with Gasteiger partial charge in [0.05, 0.1) is 18.8 Å². The van der Waals surface area contributed by atoms with E-state index in [0.717, 1.165) is 25.7 Å². The molecule has 6 nitrogen and oxygen atoms in total. The van der Waals surface area contributed by atoms with E-state index < -0.39 is 32.9 Å². The summed E-state index contributed by atoms with van der Waals surface area (Å²) in [5.41, 5.74) is 0. The zero-order valence-corrected chi connectivity index (χ0v) is 13.0. The fourth-order valence-electron chi connectivity index (χ4n) is 2.31. The van der Waals surface area contributed by atoms with Gasteiger partial charge in [0.2, 0.25) is 5.91 Å². The number of esters is 1. The maximum absolute atomic E-state index is 12.1. The number of sulfone groups is 1. The first-order valence-electron chi connectivity index (χ1n) is 6.87. The highest BCUT2D eigenvalue weighted by Crippen LogP contribution is 2.18. The van der Waals surface area contributed by atoms with Crippen molar-refractivity contribution in [3.63, 3.8) is 0 Å². The normalized spacial score (nSPS) is 19.4. The molecule has 0 bridgehead atoms. The van der Waals surface area contributed by atoms with Gasteiger partial charge in [0.15, 0.2) is 9.84 Å². The van der Waals surface area contributed by atoms with Crippen molar-refractivity contribution >= 4 is 21.7 Å². The van der Waals surface area contributed by atoms with E-state index in [-0.39, 0.29) is 11.8 Å². The Morgan fingerprint density at radius 3 is 2.30 bits per heavy atom. The van der Waals surface area contributed by atoms with Crippen molar-refractivity contribution in [1.29, 1.82) is 0 Å². The van der Waals surface area contributed by atoms with Gasteiger partial charge in [0, 0.05) is 6.04 Å². The maximum atomic E-state index is 12.1. The van der Waals surface area contributed by atoms with E-state index in [1.54, 1.807) is 0 Å². The van der Waals surface area contributed by atoms with Gasteiger partial charge in [-0.15, -0.1) is 0 Å². The Bertz CT molecular complexity index is 453. The summed E-state index contributed by atoms with van der Waals surface area (Å²) in [5.74, 6) is -2.21. The van der Waals surface area contributed by atoms with E-state index in [2.05, 4.69) is 10.1 Å². The molecule has 116 valence electrons. The molecule has 20 heavy (non-hydrogen) atoms. The van der Waals surface area contributed by atoms with Gasteiger partial charge in [0.1, 0.15) is 5.25 Å². The van der Waals surface area contributed by atoms with Gasteiger partial charge < -0.3 is 10.1 Å². The molecule has 0 aromatic heterocycles. The van der Waals surface area contributed by atoms with Gasteiger partial charge in [-0.25, -0.2) is 8.42 Å². The molecule has 1 aliphatic carbocycles. The van der Waals surface area contributed by atoms with Gasteiger partial charge in [-0.2, -0.15) is 0 Å². The second-order valence-electron chi connectivity index (χ2n) is 5.39. The van der Waals surface area contributed by atoms with Crippen LogP contribution in [-0.4, -0.2) is 44.4 Å². The molecule has 0 radical (unpaired) electrons. The molecular formula is C13H23NO5S. The molecule has 1 amide bonds. The topological polar surface area (TPSA) is 89.5 Å². The summed E-state index contributed by atoms with van der Waals surface area (Å²) in [6.45, 7) is 2.84. The largest absolute Gasteiger partial charge is 0.469 e. The molecule has 0 aromatic rings. The van der Waals surface area contributed by atoms with Crippen LogP contribution in [0, 0.1) is 5.92 Å². The van der Waals surface area contributed by atoms with Gasteiger partial charge in [-0.05, 0) is 19.8 Å². The van der Waals surface area contributed by atoms with Crippen LogP contribution < -0.4 is 5.32 Å². The zero-order chi connectivity index (χ0) is 15.3. The number of nitrogens with one attached hydrogen (secondary N) is 1. The lowest BCUT2D eigenvalue weighted by molar-refractivity contribution is -0.144. The van der Waals surface area contributed by atoms with Crippen LogP contribution in [0.25, 0.3) is 0 Å². The second kappa shape index (κ2) is 7.06. The van der Waals surface area contributed by atoms with Crippen molar-refractivity contribution in [3.05, 3.63) is 0 Å². The predicted molar refractivity (Wildman–Crippen MR) is 74.8 cm³/mol. The molecule has 0 spiro atoms. The van der Waals surface area contributed by atoms with E-state index in [1.807, 2.05) is 0 Å². The van der Waals surface area contributed by atoms with E-state index in [0.29, 0.717) is 0 Å². The number of ether oxygens (including phenoxy) is 1. The molecule has 1 rings (SSSR count). The third-order valence-electron chi connectivity index (χ3n) is 3.70. The van der Waals surface area contributed by atoms with Crippen LogP contribution in [0.3, 0.4) is 0 Å². The average molecular weight is 305 g/mol. The van der Waals surface area contributed by atoms with E-state index in [9.17, 15) is 18.0 Å². The molecular weight excluding hydrogens is 282 g/mol. The van der Waals surface area contributed by atoms with Gasteiger partial charge >= 0.3 is 5.97 Å². The van der Waals surface area contributed by atoms with Crippen molar-refractivity contribution in [1.82, 2.24) is 5.32 Å². The predicted octanol–water partition coefficient (Wildman–Crippen LogP) is 0.658. The second-order valence-corrected chi connectivity index (χ2v) is 7.75. The number of carbonyl (C=O) groups excluding carboxylic acids is 2. The zero-order valence-electron chi connectivity index (χ0n) is 12.2. The molecule has 2 atom stereocenters. The minimum Gasteiger partial charge on any atom is -0.469 e. The average Bonchev–Trinajstić information content (AvgIpc) is 2.88. The lowest BCUT2D eigenvalue weighted by Crippen LogP contribution is -2.44. The van der Waals surface area contributed by atoms with Crippen molar-refractivity contribution in [3.8, 4) is 0 Å². The Hall–Kier alpha value is -1.11. The molecule has 0 aromatic carbocycles. The van der Waals surface area contributed by atoms with Crippen molar-refractivity contribution in [2.45, 2.75) is 50.8 Å². The Balaban J connectivity index is 2.61. The third-order valence-corrected chi connectivity index (χ3v) is 5.95. The summed E-state index contributed by atoms with van der Waals surface area (Å²) < 4.78 is 28.7. The van der Waals surface area contributed by atoms with Crippen LogP contribution >= 0.6 is 0 Å². The number of hydrogen-bond donors (Lipinski definition) is 1. The van der Waals surface area contributed by atoms with Crippen molar-refractivity contribution in [2.24, 2.45) is 5.92 Å². The maximum Gasteiger partial charge on any atom is 0.309 e. The molecule has 0 saturated heterocycles. The molecule has 1 aliphatic rings. The van der Waals surface area contributed by atoms with Crippen LogP contribution in [0.2, 0.25) is 0 Å². The van der Waals surface area contributed by atoms with Crippen LogP contribution in [0.15, 0.2) is 0 Å². The Labute approximate surface area is 120 Å². The first-order chi connectivity index (χ1) is 9.27. The summed E-state index contributed by atoms with van der Waals surface area (Å²) in [6.07, 6.45) is 3.92. The highest BCUT2D eigenvalue weighted by Gasteiger charge is 2.33. The number of amides is 1. The third kappa shape index (κ3) is 4.47. The SMILES string of the molecule is COC(=O)C(C)CS(=O)(=O)C(C)C(=O)NC1CCCC1. The minimum atomic E-state index is -3.67. The Kier molecular flexibility index (Phi) is 5.98. The molecule has 1 saturated carbocycles. The molecule has 0 aliphatic heterocycles. The minimum absolute atomic E-state index is 0.0816. The van der Waals surface area contributed by atoms with E-state index in [4.69, 9.17) is 0 Å². The van der Waals surface area contributed by atoms with Crippen LogP contribution in [0.4, 0.5) is 0 Å². The van der Waals surface area contributed by atoms with Crippen LogP contribution in [0.1, 0.15) is 39.5 Å². The molecule has 2 unspecified atom stereocenters. The first kappa shape index (κ1) is 16.9. The molecule has 1 N–H and O–H groups in total. The number of hydrogen-bond acceptors (Lipinski definition) is 5. The van der Waals surface area contributed by atoms with Gasteiger partial charge in [-0.1, -0.05) is 19.8 Å². The summed E-state index contributed by atoms with van der Waals surface area (Å²) in [4.78, 5) is 23.2. The smallest absolute Gasteiger partial charge is 0.309 e. The van der Waals surface area contributed by atoms with Gasteiger partial charge in [-0.3, -0.25) is 9.59 Å². The van der Waals surface area contributed by atoms with Gasteiger partial charge in [0.25, 0.3) is 0 Å². The Morgan fingerprint density at radius 1 is 1.25 bits per heavy atom. The lowest BCUT2D eigenvalue weighted by atomic mass is 10.2.